The number of amides is 1. The third kappa shape index (κ3) is 2.32. The summed E-state index contributed by atoms with van der Waals surface area (Å²) >= 11 is 0. The minimum Gasteiger partial charge on any atom is -0.386 e. The molecule has 1 fully saturated rings. The molecule has 0 radical (unpaired) electrons. The van der Waals surface area contributed by atoms with Crippen molar-refractivity contribution in [3.8, 4) is 0 Å². The molecule has 1 aromatic rings. The average Bonchev–Trinajstić information content (AvgIpc) is 3.12. The van der Waals surface area contributed by atoms with E-state index in [4.69, 9.17) is 0 Å². The number of nitrogens with one attached hydrogen (secondary N) is 2. The zero-order valence-electron chi connectivity index (χ0n) is 9.66. The summed E-state index contributed by atoms with van der Waals surface area (Å²) in [6.07, 6.45) is 5.77. The lowest BCUT2D eigenvalue weighted by atomic mass is 10.1. The highest BCUT2D eigenvalue weighted by Crippen LogP contribution is 2.32. The van der Waals surface area contributed by atoms with Gasteiger partial charge < -0.3 is 10.6 Å². The predicted octanol–water partition coefficient (Wildman–Crippen LogP) is 1.65. The molecule has 0 saturated heterocycles. The van der Waals surface area contributed by atoms with Crippen molar-refractivity contribution in [2.75, 3.05) is 12.4 Å². The molecule has 0 spiro atoms. The van der Waals surface area contributed by atoms with Gasteiger partial charge in [0.15, 0.2) is 0 Å². The zero-order chi connectivity index (χ0) is 11.5. The van der Waals surface area contributed by atoms with Crippen LogP contribution in [0.1, 0.15) is 30.1 Å². The number of nitrogens with zero attached hydrogens (tertiary/aromatic N) is 1. The normalized spacial score (nSPS) is 16.6. The molecule has 1 heterocycles. The van der Waals surface area contributed by atoms with Crippen LogP contribution in [-0.2, 0) is 0 Å². The summed E-state index contributed by atoms with van der Waals surface area (Å²) < 4.78 is 0. The molecule has 0 aliphatic heterocycles. The van der Waals surface area contributed by atoms with E-state index in [0.717, 1.165) is 5.69 Å². The first-order chi connectivity index (χ1) is 7.72. The lowest BCUT2D eigenvalue weighted by Crippen LogP contribution is -2.34. The summed E-state index contributed by atoms with van der Waals surface area (Å²) in [7, 11) is 1.79. The summed E-state index contributed by atoms with van der Waals surface area (Å²) in [5, 5.41) is 6.00. The van der Waals surface area contributed by atoms with E-state index in [-0.39, 0.29) is 11.9 Å². The fourth-order valence-corrected chi connectivity index (χ4v) is 1.79. The molecule has 1 aliphatic rings. The van der Waals surface area contributed by atoms with Gasteiger partial charge in [-0.25, -0.2) is 0 Å². The summed E-state index contributed by atoms with van der Waals surface area (Å²) in [5.74, 6) is 0.648. The Morgan fingerprint density at radius 3 is 2.94 bits per heavy atom. The summed E-state index contributed by atoms with van der Waals surface area (Å²) in [5.41, 5.74) is 1.42. The number of rotatable bonds is 4. The second-order valence-electron chi connectivity index (χ2n) is 4.27. The maximum atomic E-state index is 12.0. The van der Waals surface area contributed by atoms with Crippen molar-refractivity contribution in [3.05, 3.63) is 24.0 Å². The number of pyridine rings is 1. The van der Waals surface area contributed by atoms with Gasteiger partial charge in [0.05, 0.1) is 17.4 Å². The maximum Gasteiger partial charge on any atom is 0.253 e. The second kappa shape index (κ2) is 4.51. The van der Waals surface area contributed by atoms with E-state index in [1.807, 2.05) is 0 Å². The number of carbonyl (C=O) groups excluding carboxylic acids is 1. The van der Waals surface area contributed by atoms with Crippen molar-refractivity contribution in [1.82, 2.24) is 10.3 Å². The van der Waals surface area contributed by atoms with Crippen LogP contribution in [0.4, 0.5) is 5.69 Å². The van der Waals surface area contributed by atoms with Crippen molar-refractivity contribution in [2.45, 2.75) is 25.8 Å². The van der Waals surface area contributed by atoms with Crippen LogP contribution in [0.5, 0.6) is 0 Å². The molecule has 1 amide bonds. The summed E-state index contributed by atoms with van der Waals surface area (Å²) in [6, 6.07) is 2.01. The number of hydrogen-bond donors (Lipinski definition) is 2. The summed E-state index contributed by atoms with van der Waals surface area (Å²) in [6.45, 7) is 2.07. The minimum absolute atomic E-state index is 0.0221. The lowest BCUT2D eigenvalue weighted by molar-refractivity contribution is 0.0936. The SMILES string of the molecule is CNc1cnccc1C(=O)NC(C)C1CC1. The van der Waals surface area contributed by atoms with Crippen molar-refractivity contribution in [3.63, 3.8) is 0 Å². The molecule has 0 aromatic carbocycles. The molecule has 1 aromatic heterocycles. The van der Waals surface area contributed by atoms with Crippen LogP contribution in [0.15, 0.2) is 18.5 Å². The summed E-state index contributed by atoms with van der Waals surface area (Å²) in [4.78, 5) is 16.0. The molecule has 2 N–H and O–H groups in total. The van der Waals surface area contributed by atoms with E-state index in [2.05, 4.69) is 22.5 Å². The van der Waals surface area contributed by atoms with E-state index >= 15 is 0 Å². The largest absolute Gasteiger partial charge is 0.386 e. The van der Waals surface area contributed by atoms with Crippen LogP contribution in [0, 0.1) is 5.92 Å². The van der Waals surface area contributed by atoms with Crippen molar-refractivity contribution in [1.29, 1.82) is 0 Å². The molecular weight excluding hydrogens is 202 g/mol. The monoisotopic (exact) mass is 219 g/mol. The number of carbonyl (C=O) groups is 1. The smallest absolute Gasteiger partial charge is 0.253 e. The molecule has 1 saturated carbocycles. The van der Waals surface area contributed by atoms with Crippen LogP contribution in [0.2, 0.25) is 0 Å². The van der Waals surface area contributed by atoms with Gasteiger partial charge in [0, 0.05) is 19.3 Å². The Kier molecular flexibility index (Phi) is 3.08. The average molecular weight is 219 g/mol. The Morgan fingerprint density at radius 1 is 1.56 bits per heavy atom. The third-order valence-electron chi connectivity index (χ3n) is 3.02. The standard InChI is InChI=1S/C12H17N3O/c1-8(9-3-4-9)15-12(16)10-5-6-14-7-11(10)13-2/h5-9,13H,3-4H2,1-2H3,(H,15,16). The highest BCUT2D eigenvalue weighted by molar-refractivity contribution is 5.99. The Hall–Kier alpha value is -1.58. The van der Waals surface area contributed by atoms with Gasteiger partial charge in [-0.1, -0.05) is 0 Å². The second-order valence-corrected chi connectivity index (χ2v) is 4.27. The van der Waals surface area contributed by atoms with Gasteiger partial charge in [-0.15, -0.1) is 0 Å². The first-order valence-electron chi connectivity index (χ1n) is 5.65. The fraction of sp³-hybridized carbons (Fsp3) is 0.500. The molecule has 2 rings (SSSR count). The van der Waals surface area contributed by atoms with E-state index < -0.39 is 0 Å². The highest BCUT2D eigenvalue weighted by atomic mass is 16.1. The van der Waals surface area contributed by atoms with E-state index in [1.165, 1.54) is 12.8 Å². The van der Waals surface area contributed by atoms with Gasteiger partial charge >= 0.3 is 0 Å². The molecule has 0 bridgehead atoms. The van der Waals surface area contributed by atoms with E-state index in [0.29, 0.717) is 11.5 Å². The molecule has 16 heavy (non-hydrogen) atoms. The molecule has 1 aliphatic carbocycles. The zero-order valence-corrected chi connectivity index (χ0v) is 9.66. The highest BCUT2D eigenvalue weighted by Gasteiger charge is 2.29. The molecule has 1 unspecified atom stereocenters. The Morgan fingerprint density at radius 2 is 2.31 bits per heavy atom. The van der Waals surface area contributed by atoms with E-state index in [1.54, 1.807) is 25.5 Å². The van der Waals surface area contributed by atoms with Crippen LogP contribution in [-0.4, -0.2) is 24.0 Å². The van der Waals surface area contributed by atoms with Crippen LogP contribution >= 0.6 is 0 Å². The van der Waals surface area contributed by atoms with E-state index in [9.17, 15) is 4.79 Å². The number of anilines is 1. The molecule has 86 valence electrons. The van der Waals surface area contributed by atoms with Crippen molar-refractivity contribution < 1.29 is 4.79 Å². The van der Waals surface area contributed by atoms with Gasteiger partial charge in [-0.2, -0.15) is 0 Å². The van der Waals surface area contributed by atoms with Gasteiger partial charge in [0.2, 0.25) is 0 Å². The Balaban J connectivity index is 2.07. The minimum atomic E-state index is -0.0221. The van der Waals surface area contributed by atoms with Gasteiger partial charge in [-0.05, 0) is 31.7 Å². The van der Waals surface area contributed by atoms with Crippen molar-refractivity contribution in [2.24, 2.45) is 5.92 Å². The fourth-order valence-electron chi connectivity index (χ4n) is 1.79. The number of aromatic nitrogens is 1. The molecule has 4 heteroatoms. The quantitative estimate of drug-likeness (QED) is 0.809. The van der Waals surface area contributed by atoms with Crippen LogP contribution in [0.3, 0.4) is 0 Å². The van der Waals surface area contributed by atoms with Crippen molar-refractivity contribution >= 4 is 11.6 Å². The molecule has 1 atom stereocenters. The van der Waals surface area contributed by atoms with Gasteiger partial charge in [0.25, 0.3) is 5.91 Å². The lowest BCUT2D eigenvalue weighted by Gasteiger charge is -2.14. The Labute approximate surface area is 95.5 Å². The number of hydrogen-bond acceptors (Lipinski definition) is 3. The first kappa shape index (κ1) is 10.9. The van der Waals surface area contributed by atoms with Crippen LogP contribution < -0.4 is 10.6 Å². The van der Waals surface area contributed by atoms with Crippen LogP contribution in [0.25, 0.3) is 0 Å². The maximum absolute atomic E-state index is 12.0. The molecular formula is C12H17N3O. The van der Waals surface area contributed by atoms with Gasteiger partial charge in [-0.3, -0.25) is 9.78 Å². The topological polar surface area (TPSA) is 54.0 Å². The Bertz CT molecular complexity index is 388. The predicted molar refractivity (Wildman–Crippen MR) is 63.4 cm³/mol. The third-order valence-corrected chi connectivity index (χ3v) is 3.02. The van der Waals surface area contributed by atoms with Gasteiger partial charge in [0.1, 0.15) is 0 Å². The molecule has 4 nitrogen and oxygen atoms in total. The first-order valence-corrected chi connectivity index (χ1v) is 5.65.